The summed E-state index contributed by atoms with van der Waals surface area (Å²) in [5.74, 6) is -2.16. The van der Waals surface area contributed by atoms with Gasteiger partial charge in [0.15, 0.2) is 0 Å². The Morgan fingerprint density at radius 3 is 2.62 bits per heavy atom. The lowest BCUT2D eigenvalue weighted by Gasteiger charge is -2.13. The van der Waals surface area contributed by atoms with E-state index in [1.54, 1.807) is 42.1 Å². The molecule has 1 heterocycles. The number of hydrogen-bond acceptors (Lipinski definition) is 2. The number of carbonyl (C=O) groups is 2. The molecular formula is C14H14F2N2O3. The first-order valence-corrected chi connectivity index (χ1v) is 6.26. The maximum Gasteiger partial charge on any atom is 0.326 e. The third-order valence-electron chi connectivity index (χ3n) is 3.16. The number of halogens is 2. The number of nitrogens with zero attached hydrogens (tertiary/aromatic N) is 1. The number of aromatic nitrogens is 1. The van der Waals surface area contributed by atoms with Crippen LogP contribution in [0.25, 0.3) is 10.9 Å². The molecule has 7 heteroatoms. The minimum atomic E-state index is -2.81. The molecule has 1 atom stereocenters. The zero-order valence-corrected chi connectivity index (χ0v) is 11.2. The average molecular weight is 296 g/mol. The molecule has 0 radical (unpaired) electrons. The smallest absolute Gasteiger partial charge is 0.326 e. The van der Waals surface area contributed by atoms with Crippen LogP contribution in [-0.4, -0.2) is 34.0 Å². The summed E-state index contributed by atoms with van der Waals surface area (Å²) < 4.78 is 26.4. The summed E-state index contributed by atoms with van der Waals surface area (Å²) in [6.07, 6.45) is -2.19. The maximum absolute atomic E-state index is 12.3. The van der Waals surface area contributed by atoms with Gasteiger partial charge < -0.3 is 15.0 Å². The number of alkyl halides is 2. The van der Waals surface area contributed by atoms with E-state index in [9.17, 15) is 18.4 Å². The van der Waals surface area contributed by atoms with Gasteiger partial charge >= 0.3 is 5.97 Å². The Morgan fingerprint density at radius 1 is 1.33 bits per heavy atom. The van der Waals surface area contributed by atoms with Crippen LogP contribution in [0.15, 0.2) is 30.5 Å². The van der Waals surface area contributed by atoms with Crippen LogP contribution in [0, 0.1) is 0 Å². The maximum atomic E-state index is 12.3. The third kappa shape index (κ3) is 3.18. The summed E-state index contributed by atoms with van der Waals surface area (Å²) >= 11 is 0. The van der Waals surface area contributed by atoms with E-state index in [1.165, 1.54) is 0 Å². The summed E-state index contributed by atoms with van der Waals surface area (Å²) in [6.45, 7) is 0. The highest BCUT2D eigenvalue weighted by atomic mass is 19.3. The van der Waals surface area contributed by atoms with Crippen LogP contribution >= 0.6 is 0 Å². The molecule has 112 valence electrons. The van der Waals surface area contributed by atoms with Crippen molar-refractivity contribution in [2.24, 2.45) is 7.05 Å². The van der Waals surface area contributed by atoms with Gasteiger partial charge in [0.1, 0.15) is 6.04 Å². The molecule has 0 spiro atoms. The van der Waals surface area contributed by atoms with Crippen molar-refractivity contribution >= 4 is 22.8 Å². The molecule has 0 bridgehead atoms. The molecule has 0 aliphatic carbocycles. The molecule has 5 nitrogen and oxygen atoms in total. The SMILES string of the molecule is Cn1cc(C(=O)NC(CC(F)F)C(=O)O)c2ccccc21. The second kappa shape index (κ2) is 5.90. The first-order chi connectivity index (χ1) is 9.90. The van der Waals surface area contributed by atoms with E-state index in [2.05, 4.69) is 5.32 Å². The second-order valence-electron chi connectivity index (χ2n) is 4.66. The van der Waals surface area contributed by atoms with E-state index in [-0.39, 0.29) is 5.56 Å². The van der Waals surface area contributed by atoms with Crippen molar-refractivity contribution in [2.45, 2.75) is 18.9 Å². The normalized spacial score (nSPS) is 12.6. The first-order valence-electron chi connectivity index (χ1n) is 6.26. The number of rotatable bonds is 5. The minimum absolute atomic E-state index is 0.258. The number of amides is 1. The molecule has 0 aliphatic heterocycles. The van der Waals surface area contributed by atoms with Crippen LogP contribution in [-0.2, 0) is 11.8 Å². The molecule has 2 N–H and O–H groups in total. The van der Waals surface area contributed by atoms with Crippen LogP contribution in [0.2, 0.25) is 0 Å². The van der Waals surface area contributed by atoms with Crippen molar-refractivity contribution in [3.63, 3.8) is 0 Å². The van der Waals surface area contributed by atoms with Crippen molar-refractivity contribution in [2.75, 3.05) is 0 Å². The molecule has 21 heavy (non-hydrogen) atoms. The Bertz CT molecular complexity index is 682. The van der Waals surface area contributed by atoms with Gasteiger partial charge in [-0.3, -0.25) is 4.79 Å². The van der Waals surface area contributed by atoms with Crippen LogP contribution in [0.3, 0.4) is 0 Å². The molecule has 0 saturated carbocycles. The highest BCUT2D eigenvalue weighted by Gasteiger charge is 2.25. The number of carbonyl (C=O) groups excluding carboxylic acids is 1. The largest absolute Gasteiger partial charge is 0.480 e. The van der Waals surface area contributed by atoms with Crippen LogP contribution < -0.4 is 5.32 Å². The van der Waals surface area contributed by atoms with Crippen molar-refractivity contribution in [1.29, 1.82) is 0 Å². The van der Waals surface area contributed by atoms with Crippen LogP contribution in [0.1, 0.15) is 16.8 Å². The third-order valence-corrected chi connectivity index (χ3v) is 3.16. The standard InChI is InChI=1S/C14H14F2N2O3/c1-18-7-9(8-4-2-3-5-11(8)18)13(19)17-10(14(20)21)6-12(15)16/h2-5,7,10,12H,6H2,1H3,(H,17,19)(H,20,21). The fourth-order valence-electron chi connectivity index (χ4n) is 2.16. The van der Waals surface area contributed by atoms with Gasteiger partial charge in [-0.1, -0.05) is 18.2 Å². The van der Waals surface area contributed by atoms with E-state index in [0.29, 0.717) is 5.39 Å². The molecule has 0 fully saturated rings. The summed E-state index contributed by atoms with van der Waals surface area (Å²) in [4.78, 5) is 23.1. The van der Waals surface area contributed by atoms with Crippen molar-refractivity contribution in [1.82, 2.24) is 9.88 Å². The van der Waals surface area contributed by atoms with Gasteiger partial charge in [-0.05, 0) is 6.07 Å². The highest BCUT2D eigenvalue weighted by Crippen LogP contribution is 2.20. The van der Waals surface area contributed by atoms with Gasteiger partial charge in [0, 0.05) is 30.6 Å². The van der Waals surface area contributed by atoms with Gasteiger partial charge in [0.25, 0.3) is 5.91 Å². The molecule has 0 aliphatic rings. The monoisotopic (exact) mass is 296 g/mol. The summed E-state index contributed by atoms with van der Waals surface area (Å²) in [7, 11) is 1.74. The Morgan fingerprint density at radius 2 is 2.00 bits per heavy atom. The highest BCUT2D eigenvalue weighted by molar-refractivity contribution is 6.07. The molecule has 1 aromatic carbocycles. The number of nitrogens with one attached hydrogen (secondary N) is 1. The molecular weight excluding hydrogens is 282 g/mol. The van der Waals surface area contributed by atoms with E-state index in [0.717, 1.165) is 5.52 Å². The Kier molecular flexibility index (Phi) is 4.21. The molecule has 2 rings (SSSR count). The molecule has 1 unspecified atom stereocenters. The number of fused-ring (bicyclic) bond motifs is 1. The zero-order valence-electron chi connectivity index (χ0n) is 11.2. The van der Waals surface area contributed by atoms with E-state index >= 15 is 0 Å². The number of aryl methyl sites for hydroxylation is 1. The zero-order chi connectivity index (χ0) is 15.6. The molecule has 1 aromatic heterocycles. The number of aliphatic carboxylic acids is 1. The summed E-state index contributed by atoms with van der Waals surface area (Å²) in [5.41, 5.74) is 1.05. The van der Waals surface area contributed by atoms with Crippen molar-refractivity contribution < 1.29 is 23.5 Å². The first kappa shape index (κ1) is 15.0. The van der Waals surface area contributed by atoms with Gasteiger partial charge in [-0.15, -0.1) is 0 Å². The van der Waals surface area contributed by atoms with Gasteiger partial charge in [-0.2, -0.15) is 0 Å². The van der Waals surface area contributed by atoms with E-state index in [4.69, 9.17) is 5.11 Å². The topological polar surface area (TPSA) is 71.3 Å². The fraction of sp³-hybridized carbons (Fsp3) is 0.286. The van der Waals surface area contributed by atoms with E-state index < -0.39 is 30.8 Å². The lowest BCUT2D eigenvalue weighted by molar-refractivity contribution is -0.140. The predicted molar refractivity (Wildman–Crippen MR) is 72.4 cm³/mol. The second-order valence-corrected chi connectivity index (χ2v) is 4.66. The number of para-hydroxylation sites is 1. The Labute approximate surface area is 119 Å². The number of carboxylic acid groups (broad SMARTS) is 1. The van der Waals surface area contributed by atoms with E-state index in [1.807, 2.05) is 0 Å². The lowest BCUT2D eigenvalue weighted by atomic mass is 10.1. The number of hydrogen-bond donors (Lipinski definition) is 2. The Hall–Kier alpha value is -2.44. The molecule has 2 aromatic rings. The fourth-order valence-corrected chi connectivity index (χ4v) is 2.16. The van der Waals surface area contributed by atoms with Crippen LogP contribution in [0.5, 0.6) is 0 Å². The van der Waals surface area contributed by atoms with Gasteiger partial charge in [0.2, 0.25) is 6.43 Å². The van der Waals surface area contributed by atoms with Crippen molar-refractivity contribution in [3.05, 3.63) is 36.0 Å². The number of benzene rings is 1. The molecule has 1 amide bonds. The quantitative estimate of drug-likeness (QED) is 0.886. The Balaban J connectivity index is 2.28. The predicted octanol–water partition coefficient (Wildman–Crippen LogP) is 2.02. The van der Waals surface area contributed by atoms with Gasteiger partial charge in [-0.25, -0.2) is 13.6 Å². The lowest BCUT2D eigenvalue weighted by Crippen LogP contribution is -2.42. The van der Waals surface area contributed by atoms with Gasteiger partial charge in [0.05, 0.1) is 5.56 Å². The minimum Gasteiger partial charge on any atom is -0.480 e. The number of carboxylic acids is 1. The average Bonchev–Trinajstić information content (AvgIpc) is 2.75. The molecule has 0 saturated heterocycles. The summed E-state index contributed by atoms with van der Waals surface area (Å²) in [6, 6.07) is 5.46. The van der Waals surface area contributed by atoms with Crippen LogP contribution in [0.4, 0.5) is 8.78 Å². The summed E-state index contributed by atoms with van der Waals surface area (Å²) in [5, 5.41) is 11.7. The van der Waals surface area contributed by atoms with Crippen molar-refractivity contribution in [3.8, 4) is 0 Å².